The number of rotatable bonds is 3. The molecule has 2 aromatic heterocycles. The highest BCUT2D eigenvalue weighted by molar-refractivity contribution is 7.15. The third-order valence-corrected chi connectivity index (χ3v) is 5.60. The van der Waals surface area contributed by atoms with E-state index in [-0.39, 0.29) is 0 Å². The smallest absolute Gasteiger partial charge is 0.193 e. The van der Waals surface area contributed by atoms with Crippen molar-refractivity contribution in [3.63, 3.8) is 0 Å². The average Bonchev–Trinajstić information content (AvgIpc) is 3.15. The van der Waals surface area contributed by atoms with Gasteiger partial charge in [0.05, 0.1) is 5.69 Å². The van der Waals surface area contributed by atoms with Crippen molar-refractivity contribution >= 4 is 16.3 Å². The van der Waals surface area contributed by atoms with E-state index in [1.54, 1.807) is 11.3 Å². The lowest BCUT2D eigenvalue weighted by Gasteiger charge is -2.34. The molecule has 0 radical (unpaired) electrons. The minimum atomic E-state index is 0.801. The quantitative estimate of drug-likeness (QED) is 0.942. The maximum absolute atomic E-state index is 4.69. The summed E-state index contributed by atoms with van der Waals surface area (Å²) < 4.78 is 2.13. The van der Waals surface area contributed by atoms with Gasteiger partial charge < -0.3 is 5.32 Å². The summed E-state index contributed by atoms with van der Waals surface area (Å²) in [6.45, 7) is 4.71. The molecule has 2 aliphatic heterocycles. The van der Waals surface area contributed by atoms with Crippen molar-refractivity contribution in [3.05, 3.63) is 23.5 Å². The Morgan fingerprint density at radius 2 is 2.20 bits per heavy atom. The van der Waals surface area contributed by atoms with Crippen molar-refractivity contribution in [2.24, 2.45) is 5.92 Å². The Bertz CT molecular complexity index is 533. The number of nitrogens with zero attached hydrogens (tertiary/aromatic N) is 3. The molecule has 0 bridgehead atoms. The minimum absolute atomic E-state index is 0.801. The van der Waals surface area contributed by atoms with Gasteiger partial charge in [-0.2, -0.15) is 0 Å². The highest BCUT2D eigenvalue weighted by Crippen LogP contribution is 2.26. The van der Waals surface area contributed by atoms with Gasteiger partial charge in [0.15, 0.2) is 4.96 Å². The van der Waals surface area contributed by atoms with Gasteiger partial charge in [0.25, 0.3) is 0 Å². The van der Waals surface area contributed by atoms with Crippen LogP contribution in [-0.4, -0.2) is 40.0 Å². The zero-order valence-corrected chi connectivity index (χ0v) is 12.6. The van der Waals surface area contributed by atoms with E-state index in [4.69, 9.17) is 4.98 Å². The molecule has 4 heterocycles. The van der Waals surface area contributed by atoms with Gasteiger partial charge >= 0.3 is 0 Å². The van der Waals surface area contributed by atoms with E-state index in [2.05, 4.69) is 32.4 Å². The Hall–Kier alpha value is -0.910. The van der Waals surface area contributed by atoms with Crippen molar-refractivity contribution in [2.75, 3.05) is 19.6 Å². The van der Waals surface area contributed by atoms with E-state index in [1.807, 2.05) is 0 Å². The fourth-order valence-electron chi connectivity index (χ4n) is 3.71. The van der Waals surface area contributed by atoms with Crippen LogP contribution in [0, 0.1) is 5.92 Å². The summed E-state index contributed by atoms with van der Waals surface area (Å²) in [4.78, 5) is 8.37. The first-order valence-electron chi connectivity index (χ1n) is 7.75. The summed E-state index contributed by atoms with van der Waals surface area (Å²) in [5.74, 6) is 0.902. The van der Waals surface area contributed by atoms with Crippen LogP contribution in [0.2, 0.25) is 0 Å². The first-order valence-corrected chi connectivity index (χ1v) is 8.63. The molecule has 1 atom stereocenters. The molecule has 4 nitrogen and oxygen atoms in total. The van der Waals surface area contributed by atoms with Gasteiger partial charge in [0, 0.05) is 30.4 Å². The molecule has 2 aliphatic rings. The van der Waals surface area contributed by atoms with Gasteiger partial charge in [-0.05, 0) is 51.2 Å². The molecule has 5 heteroatoms. The second kappa shape index (κ2) is 5.47. The number of hydrogen-bond acceptors (Lipinski definition) is 4. The van der Waals surface area contributed by atoms with Crippen LogP contribution in [-0.2, 0) is 6.54 Å². The Kier molecular flexibility index (Phi) is 3.50. The molecule has 20 heavy (non-hydrogen) atoms. The summed E-state index contributed by atoms with van der Waals surface area (Å²) in [5, 5.41) is 5.76. The predicted octanol–water partition coefficient (Wildman–Crippen LogP) is 2.36. The zero-order valence-electron chi connectivity index (χ0n) is 11.8. The summed E-state index contributed by atoms with van der Waals surface area (Å²) in [7, 11) is 0. The number of imidazole rings is 1. The molecule has 0 amide bonds. The van der Waals surface area contributed by atoms with Gasteiger partial charge in [-0.1, -0.05) is 0 Å². The highest BCUT2D eigenvalue weighted by Gasteiger charge is 2.28. The van der Waals surface area contributed by atoms with Crippen molar-refractivity contribution in [3.8, 4) is 0 Å². The number of hydrogen-bond donors (Lipinski definition) is 1. The predicted molar refractivity (Wildman–Crippen MR) is 82.1 cm³/mol. The Labute approximate surface area is 123 Å². The van der Waals surface area contributed by atoms with Crippen LogP contribution < -0.4 is 5.32 Å². The van der Waals surface area contributed by atoms with E-state index in [1.165, 1.54) is 51.0 Å². The first kappa shape index (κ1) is 12.8. The molecule has 0 aliphatic carbocycles. The Morgan fingerprint density at radius 1 is 1.30 bits per heavy atom. The highest BCUT2D eigenvalue weighted by atomic mass is 32.1. The van der Waals surface area contributed by atoms with Crippen molar-refractivity contribution < 1.29 is 0 Å². The Morgan fingerprint density at radius 3 is 2.95 bits per heavy atom. The summed E-state index contributed by atoms with van der Waals surface area (Å²) in [6.07, 6.45) is 9.73. The van der Waals surface area contributed by atoms with Crippen LogP contribution in [0.25, 0.3) is 4.96 Å². The van der Waals surface area contributed by atoms with E-state index < -0.39 is 0 Å². The van der Waals surface area contributed by atoms with Gasteiger partial charge in [0.2, 0.25) is 0 Å². The van der Waals surface area contributed by atoms with Crippen LogP contribution >= 0.6 is 11.3 Å². The molecule has 0 saturated carbocycles. The summed E-state index contributed by atoms with van der Waals surface area (Å²) in [5.41, 5.74) is 1.22. The molecule has 2 fully saturated rings. The number of fused-ring (bicyclic) bond motifs is 1. The van der Waals surface area contributed by atoms with Crippen LogP contribution in [0.15, 0.2) is 17.8 Å². The van der Waals surface area contributed by atoms with E-state index in [9.17, 15) is 0 Å². The lowest BCUT2D eigenvalue weighted by molar-refractivity contribution is 0.156. The molecule has 2 saturated heterocycles. The van der Waals surface area contributed by atoms with E-state index in [0.29, 0.717) is 0 Å². The van der Waals surface area contributed by atoms with Gasteiger partial charge in [-0.25, -0.2) is 4.98 Å². The molecule has 108 valence electrons. The summed E-state index contributed by atoms with van der Waals surface area (Å²) in [6, 6.07) is 0.801. The second-order valence-corrected chi connectivity index (χ2v) is 7.01. The monoisotopic (exact) mass is 290 g/mol. The van der Waals surface area contributed by atoms with Crippen LogP contribution in [0.4, 0.5) is 0 Å². The molecule has 0 aromatic carbocycles. The summed E-state index contributed by atoms with van der Waals surface area (Å²) >= 11 is 1.71. The molecule has 2 aromatic rings. The van der Waals surface area contributed by atoms with E-state index >= 15 is 0 Å². The van der Waals surface area contributed by atoms with Gasteiger partial charge in [0.1, 0.15) is 0 Å². The number of aromatic nitrogens is 2. The third kappa shape index (κ3) is 2.50. The topological polar surface area (TPSA) is 32.6 Å². The minimum Gasteiger partial charge on any atom is -0.314 e. The molecule has 1 unspecified atom stereocenters. The molecular formula is C15H22N4S. The molecule has 1 N–H and O–H groups in total. The fraction of sp³-hybridized carbons (Fsp3) is 0.667. The number of nitrogens with one attached hydrogen (secondary N) is 1. The zero-order chi connectivity index (χ0) is 13.4. The Balaban J connectivity index is 1.33. The van der Waals surface area contributed by atoms with E-state index in [0.717, 1.165) is 23.5 Å². The molecular weight excluding hydrogens is 268 g/mol. The van der Waals surface area contributed by atoms with Gasteiger partial charge in [-0.15, -0.1) is 11.3 Å². The number of thiazole rings is 1. The van der Waals surface area contributed by atoms with Crippen LogP contribution in [0.1, 0.15) is 31.4 Å². The van der Waals surface area contributed by atoms with Crippen molar-refractivity contribution in [2.45, 2.75) is 38.3 Å². The molecule has 0 spiro atoms. The third-order valence-electron chi connectivity index (χ3n) is 4.83. The number of likely N-dealkylation sites (tertiary alicyclic amines) is 1. The van der Waals surface area contributed by atoms with Gasteiger partial charge in [-0.3, -0.25) is 9.30 Å². The first-order chi connectivity index (χ1) is 9.88. The van der Waals surface area contributed by atoms with Crippen LogP contribution in [0.5, 0.6) is 0 Å². The van der Waals surface area contributed by atoms with Crippen LogP contribution in [0.3, 0.4) is 0 Å². The standard InChI is InChI=1S/C15H22N4S/c1-2-14(16-5-1)12-3-6-18(7-4-12)10-13-11-19-8-9-20-15(19)17-13/h8-9,11-12,14,16H,1-7,10H2. The fourth-order valence-corrected chi connectivity index (χ4v) is 4.43. The average molecular weight is 290 g/mol. The number of piperidine rings is 1. The molecule has 4 rings (SSSR count). The SMILES string of the molecule is c1cn2cc(CN3CCC(C4CCCN4)CC3)nc2s1. The maximum atomic E-state index is 4.69. The van der Waals surface area contributed by atoms with Crippen molar-refractivity contribution in [1.82, 2.24) is 19.6 Å². The normalized spacial score (nSPS) is 25.7. The maximum Gasteiger partial charge on any atom is 0.193 e. The lowest BCUT2D eigenvalue weighted by atomic mass is 9.88. The largest absolute Gasteiger partial charge is 0.314 e. The van der Waals surface area contributed by atoms with Crippen molar-refractivity contribution in [1.29, 1.82) is 0 Å². The second-order valence-electron chi connectivity index (χ2n) is 6.14. The lowest BCUT2D eigenvalue weighted by Crippen LogP contribution is -2.40.